The number of hydrogen-bond acceptors (Lipinski definition) is 4. The van der Waals surface area contributed by atoms with Crippen molar-refractivity contribution in [2.24, 2.45) is 7.05 Å². The van der Waals surface area contributed by atoms with Crippen molar-refractivity contribution in [1.29, 1.82) is 0 Å². The van der Waals surface area contributed by atoms with E-state index < -0.39 is 0 Å². The molecule has 0 atom stereocenters. The predicted molar refractivity (Wildman–Crippen MR) is 59.8 cm³/mol. The highest BCUT2D eigenvalue weighted by molar-refractivity contribution is 7.98. The Morgan fingerprint density at radius 3 is 2.94 bits per heavy atom. The van der Waals surface area contributed by atoms with Crippen molar-refractivity contribution in [3.8, 4) is 0 Å². The molecule has 0 amide bonds. The predicted octanol–water partition coefficient (Wildman–Crippen LogP) is 2.29. The van der Waals surface area contributed by atoms with Gasteiger partial charge < -0.3 is 0 Å². The van der Waals surface area contributed by atoms with E-state index in [1.807, 2.05) is 0 Å². The summed E-state index contributed by atoms with van der Waals surface area (Å²) in [5.74, 6) is 0.270. The van der Waals surface area contributed by atoms with Gasteiger partial charge in [0.25, 0.3) is 0 Å². The molecule has 0 bridgehead atoms. The van der Waals surface area contributed by atoms with E-state index in [9.17, 15) is 4.39 Å². The van der Waals surface area contributed by atoms with E-state index >= 15 is 0 Å². The summed E-state index contributed by atoms with van der Waals surface area (Å²) in [6, 6.07) is 4.34. The SMILES string of the molecule is Cn1nnnc1SCc1ccc(F)cc1Cl. The number of nitrogens with zero attached hydrogens (tertiary/aromatic N) is 4. The van der Waals surface area contributed by atoms with Gasteiger partial charge in [0, 0.05) is 17.8 Å². The molecule has 0 aliphatic carbocycles. The Hall–Kier alpha value is -1.14. The molecule has 2 rings (SSSR count). The molecule has 0 aliphatic heterocycles. The highest BCUT2D eigenvalue weighted by Gasteiger charge is 2.06. The average Bonchev–Trinajstić information content (AvgIpc) is 2.63. The van der Waals surface area contributed by atoms with Gasteiger partial charge in [-0.2, -0.15) is 0 Å². The van der Waals surface area contributed by atoms with E-state index in [0.29, 0.717) is 15.9 Å². The first-order valence-corrected chi connectivity index (χ1v) is 5.82. The largest absolute Gasteiger partial charge is 0.224 e. The maximum atomic E-state index is 12.8. The maximum absolute atomic E-state index is 12.8. The maximum Gasteiger partial charge on any atom is 0.209 e. The van der Waals surface area contributed by atoms with E-state index in [1.54, 1.807) is 17.8 Å². The molecule has 1 aromatic heterocycles. The molecule has 0 saturated carbocycles. The van der Waals surface area contributed by atoms with Crippen molar-refractivity contribution in [2.45, 2.75) is 10.9 Å². The summed E-state index contributed by atoms with van der Waals surface area (Å²) in [6.45, 7) is 0. The second-order valence-electron chi connectivity index (χ2n) is 3.11. The zero-order chi connectivity index (χ0) is 11.5. The zero-order valence-electron chi connectivity index (χ0n) is 8.39. The second-order valence-corrected chi connectivity index (χ2v) is 4.46. The summed E-state index contributed by atoms with van der Waals surface area (Å²) >= 11 is 7.34. The number of rotatable bonds is 3. The van der Waals surface area contributed by atoms with Crippen LogP contribution >= 0.6 is 23.4 Å². The van der Waals surface area contributed by atoms with Crippen LogP contribution in [0.5, 0.6) is 0 Å². The van der Waals surface area contributed by atoms with Crippen molar-refractivity contribution in [1.82, 2.24) is 20.2 Å². The fourth-order valence-corrected chi connectivity index (χ4v) is 2.29. The fraction of sp³-hybridized carbons (Fsp3) is 0.222. The van der Waals surface area contributed by atoms with Gasteiger partial charge in [0.1, 0.15) is 5.82 Å². The zero-order valence-corrected chi connectivity index (χ0v) is 9.96. The summed E-state index contributed by atoms with van der Waals surface area (Å²) in [7, 11) is 1.76. The number of halogens is 2. The van der Waals surface area contributed by atoms with E-state index in [0.717, 1.165) is 5.56 Å². The minimum absolute atomic E-state index is 0.334. The van der Waals surface area contributed by atoms with Crippen molar-refractivity contribution in [2.75, 3.05) is 0 Å². The molecule has 4 nitrogen and oxygen atoms in total. The molecule has 0 fully saturated rings. The number of tetrazole rings is 1. The Morgan fingerprint density at radius 1 is 1.50 bits per heavy atom. The Morgan fingerprint density at radius 2 is 2.31 bits per heavy atom. The first-order valence-electron chi connectivity index (χ1n) is 4.46. The highest BCUT2D eigenvalue weighted by atomic mass is 35.5. The van der Waals surface area contributed by atoms with Gasteiger partial charge in [0.05, 0.1) is 0 Å². The van der Waals surface area contributed by atoms with E-state index in [2.05, 4.69) is 15.5 Å². The van der Waals surface area contributed by atoms with Crippen LogP contribution in [0.25, 0.3) is 0 Å². The first-order chi connectivity index (χ1) is 7.66. The van der Waals surface area contributed by atoms with E-state index in [-0.39, 0.29) is 5.82 Å². The molecule has 16 heavy (non-hydrogen) atoms. The molecule has 84 valence electrons. The van der Waals surface area contributed by atoms with Crippen LogP contribution in [0.1, 0.15) is 5.56 Å². The quantitative estimate of drug-likeness (QED) is 0.793. The van der Waals surface area contributed by atoms with Gasteiger partial charge in [-0.05, 0) is 28.1 Å². The molecule has 7 heteroatoms. The van der Waals surface area contributed by atoms with Crippen LogP contribution in [0.3, 0.4) is 0 Å². The summed E-state index contributed by atoms with van der Waals surface area (Å²) in [4.78, 5) is 0. The number of aromatic nitrogens is 4. The molecule has 0 unspecified atom stereocenters. The van der Waals surface area contributed by atoms with Crippen molar-refractivity contribution in [3.63, 3.8) is 0 Å². The molecule has 0 aliphatic rings. The van der Waals surface area contributed by atoms with Gasteiger partial charge in [-0.3, -0.25) is 0 Å². The number of thioether (sulfide) groups is 1. The van der Waals surface area contributed by atoms with Crippen LogP contribution in [0.2, 0.25) is 5.02 Å². The Balaban J connectivity index is 2.08. The van der Waals surface area contributed by atoms with Crippen LogP contribution in [0.15, 0.2) is 23.4 Å². The van der Waals surface area contributed by atoms with Crippen LogP contribution in [0, 0.1) is 5.82 Å². The lowest BCUT2D eigenvalue weighted by Crippen LogP contribution is -1.93. The molecule has 0 radical (unpaired) electrons. The molecule has 2 aromatic rings. The van der Waals surface area contributed by atoms with Crippen molar-refractivity contribution >= 4 is 23.4 Å². The second kappa shape index (κ2) is 4.80. The van der Waals surface area contributed by atoms with Crippen LogP contribution in [-0.4, -0.2) is 20.2 Å². The van der Waals surface area contributed by atoms with Gasteiger partial charge in [0.2, 0.25) is 5.16 Å². The topological polar surface area (TPSA) is 43.6 Å². The van der Waals surface area contributed by atoms with E-state index in [1.165, 1.54) is 23.9 Å². The molecule has 0 N–H and O–H groups in total. The summed E-state index contributed by atoms with van der Waals surface area (Å²) < 4.78 is 14.4. The molecule has 1 heterocycles. The minimum Gasteiger partial charge on any atom is -0.224 e. The molecular weight excluding hydrogens is 251 g/mol. The average molecular weight is 259 g/mol. The molecular formula is C9H8ClFN4S. The van der Waals surface area contributed by atoms with E-state index in [4.69, 9.17) is 11.6 Å². The highest BCUT2D eigenvalue weighted by Crippen LogP contribution is 2.25. The third-order valence-corrected chi connectivity index (χ3v) is 3.36. The fourth-order valence-electron chi connectivity index (χ4n) is 1.12. The first kappa shape index (κ1) is 11.3. The normalized spacial score (nSPS) is 10.7. The monoisotopic (exact) mass is 258 g/mol. The summed E-state index contributed by atoms with van der Waals surface area (Å²) in [5, 5.41) is 12.2. The Labute approximate surface area is 101 Å². The third-order valence-electron chi connectivity index (χ3n) is 1.95. The van der Waals surface area contributed by atoms with Crippen LogP contribution in [0.4, 0.5) is 4.39 Å². The lowest BCUT2D eigenvalue weighted by atomic mass is 10.2. The molecule has 1 aromatic carbocycles. The lowest BCUT2D eigenvalue weighted by molar-refractivity contribution is 0.627. The smallest absolute Gasteiger partial charge is 0.209 e. The number of aryl methyl sites for hydroxylation is 1. The minimum atomic E-state index is -0.334. The summed E-state index contributed by atoms with van der Waals surface area (Å²) in [6.07, 6.45) is 0. The molecule has 0 spiro atoms. The lowest BCUT2D eigenvalue weighted by Gasteiger charge is -2.02. The standard InChI is InChI=1S/C9H8ClFN4S/c1-15-9(12-13-14-15)16-5-6-2-3-7(11)4-8(6)10/h2-4H,5H2,1H3. The van der Waals surface area contributed by atoms with Crippen LogP contribution < -0.4 is 0 Å². The van der Waals surface area contributed by atoms with Gasteiger partial charge in [-0.25, -0.2) is 9.07 Å². The number of benzene rings is 1. The van der Waals surface area contributed by atoms with Gasteiger partial charge in [0.15, 0.2) is 0 Å². The third kappa shape index (κ3) is 2.51. The van der Waals surface area contributed by atoms with Crippen molar-refractivity contribution in [3.05, 3.63) is 34.6 Å². The summed E-state index contributed by atoms with van der Waals surface area (Å²) in [5.41, 5.74) is 0.857. The Bertz CT molecular complexity index is 502. The number of hydrogen-bond donors (Lipinski definition) is 0. The molecule has 0 saturated heterocycles. The van der Waals surface area contributed by atoms with Gasteiger partial charge in [-0.1, -0.05) is 29.4 Å². The van der Waals surface area contributed by atoms with Gasteiger partial charge in [-0.15, -0.1) is 5.10 Å². The van der Waals surface area contributed by atoms with Crippen LogP contribution in [-0.2, 0) is 12.8 Å². The Kier molecular flexibility index (Phi) is 3.40. The van der Waals surface area contributed by atoms with Gasteiger partial charge >= 0.3 is 0 Å². The van der Waals surface area contributed by atoms with Crippen molar-refractivity contribution < 1.29 is 4.39 Å².